The van der Waals surface area contributed by atoms with E-state index in [4.69, 9.17) is 5.53 Å². The highest BCUT2D eigenvalue weighted by Crippen LogP contribution is 2.31. The number of benzene rings is 2. The van der Waals surface area contributed by atoms with Crippen LogP contribution in [0.4, 0.5) is 13.2 Å². The van der Waals surface area contributed by atoms with Crippen LogP contribution >= 0.6 is 11.8 Å². The Labute approximate surface area is 212 Å². The zero-order valence-electron chi connectivity index (χ0n) is 19.6. The number of nitrogens with zero attached hydrogens (tertiary/aromatic N) is 3. The maximum atomic E-state index is 13.1. The highest BCUT2D eigenvalue weighted by Gasteiger charge is 2.34. The first-order chi connectivity index (χ1) is 17.0. The Morgan fingerprint density at radius 3 is 2.56 bits per heavy atom. The number of ketones is 1. The van der Waals surface area contributed by atoms with Gasteiger partial charge in [0.25, 0.3) is 0 Å². The van der Waals surface area contributed by atoms with Gasteiger partial charge in [0.05, 0.1) is 16.2 Å². The molecular weight excluding hydrogens is 513 g/mol. The van der Waals surface area contributed by atoms with Crippen molar-refractivity contribution in [2.75, 3.05) is 18.6 Å². The van der Waals surface area contributed by atoms with E-state index in [1.807, 2.05) is 6.26 Å². The molecule has 2 aromatic rings. The average Bonchev–Trinajstić information content (AvgIpc) is 2.85. The number of carbonyl (C=O) groups excluding carboxylic acids is 1. The number of carbonyl (C=O) groups is 1. The average molecular weight is 541 g/mol. The summed E-state index contributed by atoms with van der Waals surface area (Å²) in [5.74, 6) is -0.944. The second-order valence-corrected chi connectivity index (χ2v) is 11.6. The quantitative estimate of drug-likeness (QED) is 0.132. The van der Waals surface area contributed by atoms with E-state index < -0.39 is 27.4 Å². The minimum Gasteiger partial charge on any atom is -0.313 e. The smallest absolute Gasteiger partial charge is 0.313 e. The van der Waals surface area contributed by atoms with Crippen molar-refractivity contribution in [3.05, 3.63) is 70.1 Å². The zero-order chi connectivity index (χ0) is 26.3. The molecule has 36 heavy (non-hydrogen) atoms. The molecule has 12 heteroatoms. The molecule has 0 aliphatic heterocycles. The second kappa shape index (κ2) is 12.1. The molecule has 3 rings (SSSR count). The third kappa shape index (κ3) is 7.49. The van der Waals surface area contributed by atoms with Crippen molar-refractivity contribution >= 4 is 27.4 Å². The monoisotopic (exact) mass is 540 g/mol. The van der Waals surface area contributed by atoms with Gasteiger partial charge in [0, 0.05) is 40.4 Å². The van der Waals surface area contributed by atoms with Gasteiger partial charge >= 0.3 is 6.18 Å². The van der Waals surface area contributed by atoms with Crippen molar-refractivity contribution in [3.8, 4) is 0 Å². The largest absolute Gasteiger partial charge is 0.416 e. The van der Waals surface area contributed by atoms with E-state index in [9.17, 15) is 26.4 Å². The molecule has 1 saturated carbocycles. The summed E-state index contributed by atoms with van der Waals surface area (Å²) < 4.78 is 65.1. The Hall–Kier alpha value is -2.53. The summed E-state index contributed by atoms with van der Waals surface area (Å²) in [7, 11) is -3.62. The maximum absolute atomic E-state index is 13.1. The number of Topliss-reactive ketones (excluding diaryl/α,β-unsaturated/α-hetero) is 1. The summed E-state index contributed by atoms with van der Waals surface area (Å²) in [6.45, 7) is 0.185. The lowest BCUT2D eigenvalue weighted by atomic mass is 9.83. The molecule has 7 nitrogen and oxygen atoms in total. The van der Waals surface area contributed by atoms with Gasteiger partial charge in [-0.25, -0.2) is 8.42 Å². The Kier molecular flexibility index (Phi) is 9.46. The number of hydrogen-bond donors (Lipinski definition) is 1. The molecule has 0 spiro atoms. The Morgan fingerprint density at radius 2 is 1.92 bits per heavy atom. The normalized spacial score (nSPS) is 20.5. The number of rotatable bonds is 10. The summed E-state index contributed by atoms with van der Waals surface area (Å²) in [4.78, 5) is 16.5. The number of sulfone groups is 1. The van der Waals surface area contributed by atoms with E-state index in [2.05, 4.69) is 15.3 Å². The first-order valence-electron chi connectivity index (χ1n) is 11.4. The van der Waals surface area contributed by atoms with E-state index in [-0.39, 0.29) is 47.2 Å². The van der Waals surface area contributed by atoms with Crippen LogP contribution in [0.25, 0.3) is 10.4 Å². The standard InChI is InChI=1S/C24H27F3N4O3S2/c1-35-20-6-8-21(9-7-20)36(33,34)15-17-14-19(30-31-28)5-10-22(17)29-12-11-23(32)16-3-2-4-18(13-16)24(25,26)27/h2-4,6-9,13,17,19,22,29H,5,10-12,14-15H2,1H3/t17-,19+,22+/m1/s1. The molecule has 1 aliphatic carbocycles. The number of hydrogen-bond acceptors (Lipinski definition) is 6. The van der Waals surface area contributed by atoms with Crippen LogP contribution in [0.15, 0.2) is 63.4 Å². The van der Waals surface area contributed by atoms with Crippen LogP contribution in [0.1, 0.15) is 41.6 Å². The fourth-order valence-corrected chi connectivity index (χ4v) is 6.50. The van der Waals surface area contributed by atoms with Crippen molar-refractivity contribution in [3.63, 3.8) is 0 Å². The molecular formula is C24H27F3N4O3S2. The van der Waals surface area contributed by atoms with E-state index in [0.29, 0.717) is 19.3 Å². The molecule has 0 saturated heterocycles. The van der Waals surface area contributed by atoms with Gasteiger partial charge in [-0.15, -0.1) is 11.8 Å². The highest BCUT2D eigenvalue weighted by molar-refractivity contribution is 7.98. The SMILES string of the molecule is CSc1ccc(S(=O)(=O)C[C@H]2C[C@@H](N=[N+]=[N-])CC[C@@H]2NCCC(=O)c2cccc(C(F)(F)F)c2)cc1. The number of azide groups is 1. The van der Waals surface area contributed by atoms with Crippen LogP contribution in [0, 0.1) is 5.92 Å². The highest BCUT2D eigenvalue weighted by atomic mass is 32.2. The Balaban J connectivity index is 1.67. The fourth-order valence-electron chi connectivity index (χ4n) is 4.42. The van der Waals surface area contributed by atoms with Crippen LogP contribution in [-0.2, 0) is 16.0 Å². The molecule has 1 N–H and O–H groups in total. The molecule has 1 fully saturated rings. The first kappa shape index (κ1) is 28.0. The molecule has 0 heterocycles. The van der Waals surface area contributed by atoms with Crippen molar-refractivity contribution in [1.82, 2.24) is 5.32 Å². The predicted molar refractivity (Wildman–Crippen MR) is 133 cm³/mol. The van der Waals surface area contributed by atoms with Crippen LogP contribution in [0.5, 0.6) is 0 Å². The summed E-state index contributed by atoms with van der Waals surface area (Å²) in [6.07, 6.45) is -1.17. The van der Waals surface area contributed by atoms with Crippen molar-refractivity contribution in [2.24, 2.45) is 11.0 Å². The van der Waals surface area contributed by atoms with Gasteiger partial charge in [0.2, 0.25) is 0 Å². The lowest BCUT2D eigenvalue weighted by Crippen LogP contribution is -2.45. The third-order valence-corrected chi connectivity index (χ3v) is 8.89. The molecule has 0 radical (unpaired) electrons. The Morgan fingerprint density at radius 1 is 1.19 bits per heavy atom. The van der Waals surface area contributed by atoms with E-state index in [1.54, 1.807) is 24.3 Å². The molecule has 0 bridgehead atoms. The second-order valence-electron chi connectivity index (χ2n) is 8.70. The fraction of sp³-hybridized carbons (Fsp3) is 0.458. The predicted octanol–water partition coefficient (Wildman–Crippen LogP) is 5.91. The summed E-state index contributed by atoms with van der Waals surface area (Å²) in [5, 5.41) is 7.01. The summed E-state index contributed by atoms with van der Waals surface area (Å²) >= 11 is 1.51. The molecule has 0 aromatic heterocycles. The Bertz CT molecular complexity index is 1210. The van der Waals surface area contributed by atoms with Gasteiger partial charge in [-0.1, -0.05) is 17.2 Å². The summed E-state index contributed by atoms with van der Waals surface area (Å²) in [5.41, 5.74) is 7.92. The van der Waals surface area contributed by atoms with Crippen LogP contribution in [0.2, 0.25) is 0 Å². The van der Waals surface area contributed by atoms with Crippen LogP contribution < -0.4 is 5.32 Å². The molecule has 3 atom stereocenters. The maximum Gasteiger partial charge on any atom is 0.416 e. The minimum atomic E-state index is -4.53. The van der Waals surface area contributed by atoms with E-state index in [1.165, 1.54) is 23.9 Å². The first-order valence-corrected chi connectivity index (χ1v) is 14.3. The van der Waals surface area contributed by atoms with Crippen molar-refractivity contribution < 1.29 is 26.4 Å². The third-order valence-electron chi connectivity index (χ3n) is 6.29. The van der Waals surface area contributed by atoms with Gasteiger partial charge in [0.1, 0.15) is 0 Å². The van der Waals surface area contributed by atoms with Crippen molar-refractivity contribution in [1.29, 1.82) is 0 Å². The number of halogens is 3. The number of thioether (sulfide) groups is 1. The molecule has 1 aliphatic rings. The molecule has 194 valence electrons. The van der Waals surface area contributed by atoms with Gasteiger partial charge in [0.15, 0.2) is 15.6 Å². The van der Waals surface area contributed by atoms with Crippen molar-refractivity contribution in [2.45, 2.75) is 53.7 Å². The number of alkyl halides is 3. The number of nitrogens with one attached hydrogen (secondary N) is 1. The minimum absolute atomic E-state index is 0.0218. The van der Waals surface area contributed by atoms with Gasteiger partial charge in [-0.05, 0) is 73.4 Å². The molecule has 2 aromatic carbocycles. The zero-order valence-corrected chi connectivity index (χ0v) is 21.2. The van der Waals surface area contributed by atoms with Gasteiger partial charge in [-0.2, -0.15) is 13.2 Å². The molecule has 0 amide bonds. The van der Waals surface area contributed by atoms with E-state index >= 15 is 0 Å². The summed E-state index contributed by atoms with van der Waals surface area (Å²) in [6, 6.07) is 10.4. The van der Waals surface area contributed by atoms with Gasteiger partial charge < -0.3 is 5.32 Å². The topological polar surface area (TPSA) is 112 Å². The van der Waals surface area contributed by atoms with E-state index in [0.717, 1.165) is 17.0 Å². The van der Waals surface area contributed by atoms with Gasteiger partial charge in [-0.3, -0.25) is 4.79 Å². The van der Waals surface area contributed by atoms with Crippen LogP contribution in [-0.4, -0.2) is 44.8 Å². The lowest BCUT2D eigenvalue weighted by Gasteiger charge is -2.35. The molecule has 0 unspecified atom stereocenters. The lowest BCUT2D eigenvalue weighted by molar-refractivity contribution is -0.137. The van der Waals surface area contributed by atoms with Crippen LogP contribution in [0.3, 0.4) is 0 Å².